The standard InChI is InChI=1S/C30H34Cl2FN7O3/c1-17-15-39(29(42)43-30(3,4)5)18(2)14-38(17)24-11-10-19(12-23(24)33)35-28-34-13-20-26(36-28)37(6)16-40(27(20)41)25-21(31)8-7-9-22(25)32/h7-13,17-18H,14-16H2,1-6H3,(H,34,35,36). The maximum absolute atomic E-state index is 15.5. The summed E-state index contributed by atoms with van der Waals surface area (Å²) >= 11 is 12.7. The number of carbonyl (C=O) groups is 2. The number of nitrogens with one attached hydrogen (secondary N) is 1. The largest absolute Gasteiger partial charge is 0.444 e. The van der Waals surface area contributed by atoms with Crippen LogP contribution in [0.4, 0.5) is 38.0 Å². The summed E-state index contributed by atoms with van der Waals surface area (Å²) in [5, 5.41) is 3.76. The van der Waals surface area contributed by atoms with Crippen molar-refractivity contribution in [3.05, 3.63) is 64.0 Å². The van der Waals surface area contributed by atoms with Crippen LogP contribution < -0.4 is 20.0 Å². The molecule has 0 radical (unpaired) electrons. The first-order valence-electron chi connectivity index (χ1n) is 13.9. The van der Waals surface area contributed by atoms with Crippen LogP contribution in [0.2, 0.25) is 10.0 Å². The van der Waals surface area contributed by atoms with E-state index in [9.17, 15) is 9.59 Å². The zero-order valence-electron chi connectivity index (χ0n) is 24.9. The molecule has 2 aromatic carbocycles. The smallest absolute Gasteiger partial charge is 0.410 e. The van der Waals surface area contributed by atoms with E-state index >= 15 is 4.39 Å². The van der Waals surface area contributed by atoms with Crippen LogP contribution in [-0.2, 0) is 4.74 Å². The van der Waals surface area contributed by atoms with Gasteiger partial charge in [0.05, 0.1) is 28.1 Å². The summed E-state index contributed by atoms with van der Waals surface area (Å²) in [5.41, 5.74) is 0.989. The molecule has 1 N–H and O–H groups in total. The first-order chi connectivity index (χ1) is 20.2. The summed E-state index contributed by atoms with van der Waals surface area (Å²) < 4.78 is 21.0. The molecule has 43 heavy (non-hydrogen) atoms. The van der Waals surface area contributed by atoms with E-state index in [1.54, 1.807) is 47.2 Å². The van der Waals surface area contributed by atoms with Gasteiger partial charge in [0.1, 0.15) is 22.8 Å². The summed E-state index contributed by atoms with van der Waals surface area (Å²) in [6.07, 6.45) is 1.06. The van der Waals surface area contributed by atoms with Crippen LogP contribution in [-0.4, -0.2) is 71.4 Å². The number of rotatable bonds is 4. The number of hydrogen-bond donors (Lipinski definition) is 1. The fourth-order valence-corrected chi connectivity index (χ4v) is 5.87. The van der Waals surface area contributed by atoms with Gasteiger partial charge >= 0.3 is 6.09 Å². The van der Waals surface area contributed by atoms with Crippen LogP contribution in [0.25, 0.3) is 0 Å². The highest BCUT2D eigenvalue weighted by Gasteiger charge is 2.36. The number of amides is 2. The summed E-state index contributed by atoms with van der Waals surface area (Å²) in [4.78, 5) is 41.8. The lowest BCUT2D eigenvalue weighted by Gasteiger charge is -2.45. The number of carbonyl (C=O) groups excluding carboxylic acids is 2. The molecule has 1 saturated heterocycles. The van der Waals surface area contributed by atoms with Crippen molar-refractivity contribution in [2.45, 2.75) is 52.3 Å². The minimum absolute atomic E-state index is 0.130. The molecule has 0 aliphatic carbocycles. The highest BCUT2D eigenvalue weighted by atomic mass is 35.5. The molecule has 0 saturated carbocycles. The Hall–Kier alpha value is -3.83. The minimum Gasteiger partial charge on any atom is -0.444 e. The molecular weight excluding hydrogens is 596 g/mol. The Morgan fingerprint density at radius 2 is 1.79 bits per heavy atom. The lowest BCUT2D eigenvalue weighted by molar-refractivity contribution is 0.0130. The van der Waals surface area contributed by atoms with E-state index in [4.69, 9.17) is 27.9 Å². The third kappa shape index (κ3) is 6.28. The van der Waals surface area contributed by atoms with Gasteiger partial charge in [-0.3, -0.25) is 9.69 Å². The van der Waals surface area contributed by atoms with Crippen molar-refractivity contribution in [1.29, 1.82) is 0 Å². The molecular formula is C30H34Cl2FN7O3. The van der Waals surface area contributed by atoms with E-state index in [-0.39, 0.29) is 42.3 Å². The molecule has 2 unspecified atom stereocenters. The number of ether oxygens (including phenoxy) is 1. The van der Waals surface area contributed by atoms with E-state index in [2.05, 4.69) is 15.3 Å². The normalized spacial score (nSPS) is 19.0. The van der Waals surface area contributed by atoms with Gasteiger partial charge in [-0.15, -0.1) is 0 Å². The van der Waals surface area contributed by atoms with Gasteiger partial charge in [-0.2, -0.15) is 4.98 Å². The summed E-state index contributed by atoms with van der Waals surface area (Å²) in [5.74, 6) is -0.125. The van der Waals surface area contributed by atoms with Crippen molar-refractivity contribution in [3.63, 3.8) is 0 Å². The molecule has 0 bridgehead atoms. The number of aromatic nitrogens is 2. The molecule has 2 aliphatic rings. The number of anilines is 5. The fourth-order valence-electron chi connectivity index (χ4n) is 5.27. The predicted molar refractivity (Wildman–Crippen MR) is 167 cm³/mol. The van der Waals surface area contributed by atoms with E-state index in [1.165, 1.54) is 17.2 Å². The third-order valence-corrected chi connectivity index (χ3v) is 7.90. The summed E-state index contributed by atoms with van der Waals surface area (Å²) in [6, 6.07) is 9.58. The van der Waals surface area contributed by atoms with Crippen molar-refractivity contribution in [1.82, 2.24) is 14.9 Å². The molecule has 2 atom stereocenters. The van der Waals surface area contributed by atoms with E-state index in [0.29, 0.717) is 46.0 Å². The van der Waals surface area contributed by atoms with Gasteiger partial charge in [0.15, 0.2) is 0 Å². The number of halogens is 3. The Kier molecular flexibility index (Phi) is 8.32. The highest BCUT2D eigenvalue weighted by Crippen LogP contribution is 2.38. The lowest BCUT2D eigenvalue weighted by atomic mass is 10.1. The van der Waals surface area contributed by atoms with Crippen molar-refractivity contribution < 1.29 is 18.7 Å². The van der Waals surface area contributed by atoms with Crippen molar-refractivity contribution in [3.8, 4) is 0 Å². The molecule has 3 heterocycles. The monoisotopic (exact) mass is 629 g/mol. The average molecular weight is 631 g/mol. The molecule has 228 valence electrons. The van der Waals surface area contributed by atoms with Gasteiger partial charge in [-0.05, 0) is 65.0 Å². The van der Waals surface area contributed by atoms with Crippen molar-refractivity contribution in [2.24, 2.45) is 0 Å². The molecule has 2 amide bonds. The van der Waals surface area contributed by atoms with Crippen LogP contribution >= 0.6 is 23.2 Å². The van der Waals surface area contributed by atoms with Gasteiger partial charge < -0.3 is 24.8 Å². The fraction of sp³-hybridized carbons (Fsp3) is 0.400. The van der Waals surface area contributed by atoms with Crippen LogP contribution in [0, 0.1) is 5.82 Å². The average Bonchev–Trinajstić information content (AvgIpc) is 2.91. The number of benzene rings is 2. The molecule has 2 aliphatic heterocycles. The minimum atomic E-state index is -0.593. The van der Waals surface area contributed by atoms with Crippen molar-refractivity contribution >= 4 is 64.0 Å². The predicted octanol–water partition coefficient (Wildman–Crippen LogP) is 6.55. The number of nitrogens with zero attached hydrogens (tertiary/aromatic N) is 6. The van der Waals surface area contributed by atoms with Crippen LogP contribution in [0.5, 0.6) is 0 Å². The second-order valence-electron chi connectivity index (χ2n) is 11.8. The Morgan fingerprint density at radius 3 is 2.44 bits per heavy atom. The Labute approximate surface area is 260 Å². The van der Waals surface area contributed by atoms with Crippen LogP contribution in [0.15, 0.2) is 42.6 Å². The number of hydrogen-bond acceptors (Lipinski definition) is 8. The number of fused-ring (bicyclic) bond motifs is 1. The molecule has 10 nitrogen and oxygen atoms in total. The Balaban J connectivity index is 1.31. The maximum Gasteiger partial charge on any atom is 0.410 e. The Bertz CT molecular complexity index is 1550. The quantitative estimate of drug-likeness (QED) is 0.347. The summed E-state index contributed by atoms with van der Waals surface area (Å²) in [7, 11) is 1.79. The van der Waals surface area contributed by atoms with Crippen LogP contribution in [0.3, 0.4) is 0 Å². The van der Waals surface area contributed by atoms with Gasteiger partial charge in [-0.1, -0.05) is 29.3 Å². The highest BCUT2D eigenvalue weighted by molar-refractivity contribution is 6.40. The van der Waals surface area contributed by atoms with Gasteiger partial charge in [-0.25, -0.2) is 14.2 Å². The molecule has 3 aromatic rings. The molecule has 1 aromatic heterocycles. The molecule has 1 fully saturated rings. The zero-order chi connectivity index (χ0) is 31.2. The van der Waals surface area contributed by atoms with Crippen molar-refractivity contribution in [2.75, 3.05) is 46.8 Å². The van der Waals surface area contributed by atoms with Gasteiger partial charge in [0, 0.05) is 44.1 Å². The number of piperazine rings is 1. The summed E-state index contributed by atoms with van der Waals surface area (Å²) in [6.45, 7) is 10.4. The first-order valence-corrected chi connectivity index (χ1v) is 14.7. The maximum atomic E-state index is 15.5. The van der Waals surface area contributed by atoms with Gasteiger partial charge in [0.25, 0.3) is 5.91 Å². The van der Waals surface area contributed by atoms with E-state index in [0.717, 1.165) is 0 Å². The zero-order valence-corrected chi connectivity index (χ0v) is 26.4. The second kappa shape index (κ2) is 11.7. The number of para-hydroxylation sites is 1. The van der Waals surface area contributed by atoms with Crippen LogP contribution in [0.1, 0.15) is 45.0 Å². The SMILES string of the molecule is CC1CN(c2ccc(Nc3ncc4c(n3)N(C)CN(c3c(Cl)cccc3Cl)C4=O)cc2F)C(C)CN1C(=O)OC(C)(C)C. The van der Waals surface area contributed by atoms with E-state index < -0.39 is 11.4 Å². The second-order valence-corrected chi connectivity index (χ2v) is 12.7. The Morgan fingerprint density at radius 1 is 1.09 bits per heavy atom. The molecule has 0 spiro atoms. The molecule has 5 rings (SSSR count). The topological polar surface area (TPSA) is 94.1 Å². The molecule has 13 heteroatoms. The first kappa shape index (κ1) is 30.6. The lowest BCUT2D eigenvalue weighted by Crippen LogP contribution is -2.59. The third-order valence-electron chi connectivity index (χ3n) is 7.29. The van der Waals surface area contributed by atoms with E-state index in [1.807, 2.05) is 39.5 Å². The van der Waals surface area contributed by atoms with Gasteiger partial charge in [0.2, 0.25) is 5.95 Å².